The first-order valence-corrected chi connectivity index (χ1v) is 19.9. The molecule has 2 aromatic heterocycles. The van der Waals surface area contributed by atoms with E-state index in [1.54, 1.807) is 0 Å². The van der Waals surface area contributed by atoms with Crippen molar-refractivity contribution in [3.8, 4) is 78.4 Å². The number of nitrogens with zero attached hydrogens (tertiary/aromatic N) is 2. The molecule has 0 saturated heterocycles. The van der Waals surface area contributed by atoms with Gasteiger partial charge in [0.2, 0.25) is 0 Å². The van der Waals surface area contributed by atoms with E-state index >= 15 is 0 Å². The molecule has 0 spiro atoms. The first-order valence-electron chi connectivity index (χ1n) is 19.9. The third kappa shape index (κ3) is 5.66. The predicted octanol–water partition coefficient (Wildman–Crippen LogP) is 14.7. The van der Waals surface area contributed by atoms with Gasteiger partial charge in [0.15, 0.2) is 5.82 Å². The SMILES string of the molecule is CC1(C)c2ccccc2-c2cc(-c3cccc(-c4cc(-c5cc(-c6ccccc6)cc(-c6cccc7oc8ccccc8c67)c5)nc(-c5ccccc5)n4)c3)ccc21. The van der Waals surface area contributed by atoms with Gasteiger partial charge in [-0.25, -0.2) is 9.97 Å². The van der Waals surface area contributed by atoms with Crippen LogP contribution in [0.25, 0.3) is 100 Å². The van der Waals surface area contributed by atoms with Crippen molar-refractivity contribution in [2.24, 2.45) is 0 Å². The fraction of sp³-hybridized carbons (Fsp3) is 0.0545. The van der Waals surface area contributed by atoms with E-state index in [1.165, 1.54) is 27.8 Å². The molecule has 1 aliphatic carbocycles. The molecule has 0 amide bonds. The molecule has 0 unspecified atom stereocenters. The minimum Gasteiger partial charge on any atom is -0.456 e. The summed E-state index contributed by atoms with van der Waals surface area (Å²) in [5, 5.41) is 2.21. The van der Waals surface area contributed by atoms with Crippen molar-refractivity contribution >= 4 is 21.9 Å². The summed E-state index contributed by atoms with van der Waals surface area (Å²) < 4.78 is 6.34. The molecule has 0 fully saturated rings. The highest BCUT2D eigenvalue weighted by Crippen LogP contribution is 2.49. The fourth-order valence-corrected chi connectivity index (χ4v) is 8.96. The lowest BCUT2D eigenvalue weighted by atomic mass is 9.82. The molecule has 11 rings (SSSR count). The Balaban J connectivity index is 1.09. The van der Waals surface area contributed by atoms with Gasteiger partial charge in [0.25, 0.3) is 0 Å². The minimum atomic E-state index is -0.0337. The quantitative estimate of drug-likeness (QED) is 0.170. The number of benzene rings is 8. The number of hydrogen-bond donors (Lipinski definition) is 0. The molecule has 0 aliphatic heterocycles. The van der Waals surface area contributed by atoms with E-state index in [4.69, 9.17) is 14.4 Å². The van der Waals surface area contributed by atoms with Crippen molar-refractivity contribution in [1.82, 2.24) is 9.97 Å². The Bertz CT molecular complexity index is 3190. The van der Waals surface area contributed by atoms with E-state index < -0.39 is 0 Å². The summed E-state index contributed by atoms with van der Waals surface area (Å²) >= 11 is 0. The second-order valence-corrected chi connectivity index (χ2v) is 15.8. The van der Waals surface area contributed by atoms with Crippen molar-refractivity contribution in [3.05, 3.63) is 205 Å². The summed E-state index contributed by atoms with van der Waals surface area (Å²) in [6.45, 7) is 4.65. The maximum atomic E-state index is 6.34. The molecule has 3 heteroatoms. The largest absolute Gasteiger partial charge is 0.456 e. The highest BCUT2D eigenvalue weighted by molar-refractivity contribution is 6.12. The van der Waals surface area contributed by atoms with Crippen LogP contribution >= 0.6 is 0 Å². The van der Waals surface area contributed by atoms with Gasteiger partial charge < -0.3 is 4.42 Å². The molecule has 0 radical (unpaired) electrons. The van der Waals surface area contributed by atoms with Crippen LogP contribution in [0, 0.1) is 0 Å². The van der Waals surface area contributed by atoms with Crippen LogP contribution in [0.1, 0.15) is 25.0 Å². The number of para-hydroxylation sites is 1. The predicted molar refractivity (Wildman–Crippen MR) is 239 cm³/mol. The Morgan fingerprint density at radius 1 is 0.362 bits per heavy atom. The van der Waals surface area contributed by atoms with Crippen LogP contribution in [-0.4, -0.2) is 9.97 Å². The normalized spacial score (nSPS) is 12.8. The lowest BCUT2D eigenvalue weighted by molar-refractivity contribution is 0.660. The van der Waals surface area contributed by atoms with Crippen LogP contribution in [0.3, 0.4) is 0 Å². The Morgan fingerprint density at radius 2 is 0.931 bits per heavy atom. The van der Waals surface area contributed by atoms with Crippen LogP contribution < -0.4 is 0 Å². The zero-order valence-corrected chi connectivity index (χ0v) is 32.3. The first-order chi connectivity index (χ1) is 28.5. The average Bonchev–Trinajstić information content (AvgIpc) is 3.78. The van der Waals surface area contributed by atoms with E-state index in [0.29, 0.717) is 5.82 Å². The third-order valence-electron chi connectivity index (χ3n) is 11.9. The standard InChI is InChI=1S/C55H38N2O/c1-55(2)47-24-11-9-21-44(47)46-33-38(27-28-48(46)55)37-19-13-20-39(29-37)49-34-50(57-54(56-49)36-17-7-4-8-18-36)42-31-40(35-15-5-3-6-16-35)30-41(32-42)43-23-14-26-52-53(43)45-22-10-12-25-51(45)58-52/h3-34H,1-2H3. The number of aromatic nitrogens is 2. The zero-order valence-electron chi connectivity index (χ0n) is 32.3. The van der Waals surface area contributed by atoms with E-state index in [1.807, 2.05) is 30.3 Å². The van der Waals surface area contributed by atoms with Crippen molar-refractivity contribution in [3.63, 3.8) is 0 Å². The molecule has 0 saturated carbocycles. The molecule has 58 heavy (non-hydrogen) atoms. The van der Waals surface area contributed by atoms with Crippen LogP contribution in [0.2, 0.25) is 0 Å². The molecule has 274 valence electrons. The molecule has 2 heterocycles. The minimum absolute atomic E-state index is 0.0337. The van der Waals surface area contributed by atoms with Crippen LogP contribution in [0.5, 0.6) is 0 Å². The number of hydrogen-bond acceptors (Lipinski definition) is 3. The summed E-state index contributed by atoms with van der Waals surface area (Å²) in [6.07, 6.45) is 0. The van der Waals surface area contributed by atoms with Crippen molar-refractivity contribution in [2.45, 2.75) is 19.3 Å². The van der Waals surface area contributed by atoms with E-state index in [0.717, 1.165) is 77.8 Å². The fourth-order valence-electron chi connectivity index (χ4n) is 8.96. The highest BCUT2D eigenvalue weighted by atomic mass is 16.3. The van der Waals surface area contributed by atoms with Gasteiger partial charge >= 0.3 is 0 Å². The van der Waals surface area contributed by atoms with Crippen LogP contribution in [0.15, 0.2) is 199 Å². The van der Waals surface area contributed by atoms with Gasteiger partial charge in [-0.1, -0.05) is 159 Å². The zero-order chi connectivity index (χ0) is 38.8. The summed E-state index contributed by atoms with van der Waals surface area (Å²) in [5.74, 6) is 0.685. The topological polar surface area (TPSA) is 38.9 Å². The number of fused-ring (bicyclic) bond motifs is 6. The van der Waals surface area contributed by atoms with E-state index in [2.05, 4.69) is 178 Å². The maximum absolute atomic E-state index is 6.34. The summed E-state index contributed by atoms with van der Waals surface area (Å²) in [7, 11) is 0. The summed E-state index contributed by atoms with van der Waals surface area (Å²) in [6, 6.07) is 69.0. The Hall–Kier alpha value is -7.36. The molecule has 0 N–H and O–H groups in total. The van der Waals surface area contributed by atoms with Crippen molar-refractivity contribution in [2.75, 3.05) is 0 Å². The molecule has 0 atom stereocenters. The molecular weight excluding hydrogens is 705 g/mol. The smallest absolute Gasteiger partial charge is 0.160 e. The van der Waals surface area contributed by atoms with Gasteiger partial charge in [0.1, 0.15) is 11.2 Å². The second kappa shape index (κ2) is 13.4. The Kier molecular flexibility index (Phi) is 7.84. The lowest BCUT2D eigenvalue weighted by Crippen LogP contribution is -2.14. The Labute approximate surface area is 338 Å². The second-order valence-electron chi connectivity index (χ2n) is 15.8. The van der Waals surface area contributed by atoms with Crippen molar-refractivity contribution < 1.29 is 4.42 Å². The van der Waals surface area contributed by atoms with Gasteiger partial charge in [-0.3, -0.25) is 0 Å². The average molecular weight is 743 g/mol. The van der Waals surface area contributed by atoms with Gasteiger partial charge in [-0.15, -0.1) is 0 Å². The number of rotatable bonds is 6. The summed E-state index contributed by atoms with van der Waals surface area (Å²) in [4.78, 5) is 10.5. The molecule has 0 bridgehead atoms. The molecular formula is C55H38N2O. The van der Waals surface area contributed by atoms with E-state index in [-0.39, 0.29) is 5.41 Å². The molecule has 3 nitrogen and oxygen atoms in total. The number of furan rings is 1. The molecule has 1 aliphatic rings. The molecule has 8 aromatic carbocycles. The van der Waals surface area contributed by atoms with Crippen LogP contribution in [0.4, 0.5) is 0 Å². The lowest BCUT2D eigenvalue weighted by Gasteiger charge is -2.21. The third-order valence-corrected chi connectivity index (χ3v) is 11.9. The van der Waals surface area contributed by atoms with E-state index in [9.17, 15) is 0 Å². The highest BCUT2D eigenvalue weighted by Gasteiger charge is 2.35. The summed E-state index contributed by atoms with van der Waals surface area (Å²) in [5.41, 5.74) is 18.7. The monoisotopic (exact) mass is 742 g/mol. The first kappa shape index (κ1) is 33.9. The van der Waals surface area contributed by atoms with Crippen LogP contribution in [-0.2, 0) is 5.41 Å². The molecule has 10 aromatic rings. The van der Waals surface area contributed by atoms with Crippen molar-refractivity contribution in [1.29, 1.82) is 0 Å². The van der Waals surface area contributed by atoms with Gasteiger partial charge in [0, 0.05) is 32.9 Å². The van der Waals surface area contributed by atoms with Gasteiger partial charge in [0.05, 0.1) is 11.4 Å². The Morgan fingerprint density at radius 3 is 1.78 bits per heavy atom. The van der Waals surface area contributed by atoms with Gasteiger partial charge in [-0.2, -0.15) is 0 Å². The van der Waals surface area contributed by atoms with Gasteiger partial charge in [-0.05, 0) is 104 Å². The maximum Gasteiger partial charge on any atom is 0.160 e.